The standard InChI is InChI=1S/C26H39BrN4OSi/c1-9-30(10-2)25(32)28-17-14-19-18-12-11-13-21-23(18)20(15-22(19)29(6)16-17)24(27)31(21)33(7,8)26(3,4)5/h11-14,17,22H,9-10,15-16H2,1-8H3,(H,28,32)/t17-,22+/m0/s1. The Morgan fingerprint density at radius 3 is 2.52 bits per heavy atom. The first-order valence-electron chi connectivity index (χ1n) is 12.2. The van der Waals surface area contributed by atoms with Gasteiger partial charge >= 0.3 is 6.03 Å². The minimum absolute atomic E-state index is 0.0112. The zero-order valence-electron chi connectivity index (χ0n) is 21.4. The number of likely N-dealkylation sites (N-methyl/N-ethyl adjacent to an activating group) is 1. The Morgan fingerprint density at radius 1 is 1.24 bits per heavy atom. The lowest BCUT2D eigenvalue weighted by Crippen LogP contribution is -2.52. The number of carbonyl (C=O) groups excluding carboxylic acids is 1. The topological polar surface area (TPSA) is 40.5 Å². The van der Waals surface area contributed by atoms with Gasteiger partial charge in [-0.25, -0.2) is 4.79 Å². The molecule has 0 unspecified atom stereocenters. The number of urea groups is 1. The van der Waals surface area contributed by atoms with Gasteiger partial charge in [0.15, 0.2) is 8.24 Å². The molecule has 2 aliphatic rings. The third-order valence-electron chi connectivity index (χ3n) is 8.25. The van der Waals surface area contributed by atoms with Crippen molar-refractivity contribution in [3.05, 3.63) is 40.0 Å². The van der Waals surface area contributed by atoms with E-state index < -0.39 is 8.24 Å². The maximum Gasteiger partial charge on any atom is 0.317 e. The fourth-order valence-corrected chi connectivity index (χ4v) is 9.29. The fraction of sp³-hybridized carbons (Fsp3) is 0.577. The first-order chi connectivity index (χ1) is 15.4. The summed E-state index contributed by atoms with van der Waals surface area (Å²) in [5.41, 5.74) is 5.46. The minimum atomic E-state index is -1.83. The summed E-state index contributed by atoms with van der Waals surface area (Å²) in [7, 11) is 0.364. The predicted molar refractivity (Wildman–Crippen MR) is 146 cm³/mol. The van der Waals surface area contributed by atoms with Gasteiger partial charge in [-0.05, 0) is 71.1 Å². The maximum absolute atomic E-state index is 12.7. The molecule has 1 aliphatic carbocycles. The van der Waals surface area contributed by atoms with Gasteiger partial charge in [0.25, 0.3) is 0 Å². The van der Waals surface area contributed by atoms with Crippen LogP contribution in [0.1, 0.15) is 45.7 Å². The number of nitrogens with zero attached hydrogens (tertiary/aromatic N) is 3. The molecule has 7 heteroatoms. The summed E-state index contributed by atoms with van der Waals surface area (Å²) in [6.07, 6.45) is 3.32. The first-order valence-corrected chi connectivity index (χ1v) is 16.0. The van der Waals surface area contributed by atoms with E-state index in [1.165, 1.54) is 32.2 Å². The van der Waals surface area contributed by atoms with Crippen LogP contribution in [0.3, 0.4) is 0 Å². The van der Waals surface area contributed by atoms with E-state index in [4.69, 9.17) is 0 Å². The Bertz CT molecular complexity index is 1110. The van der Waals surface area contributed by atoms with E-state index in [1.54, 1.807) is 0 Å². The van der Waals surface area contributed by atoms with E-state index in [9.17, 15) is 4.79 Å². The SMILES string of the molecule is CCN(CC)C(=O)N[C@H]1C=C2c3cccc4c3c(c(Br)n4[Si](C)(C)C(C)(C)C)C[C@H]2N(C)C1. The molecule has 1 aromatic carbocycles. The number of hydrogen-bond donors (Lipinski definition) is 1. The van der Waals surface area contributed by atoms with Crippen LogP contribution in [-0.4, -0.2) is 67.1 Å². The molecule has 0 radical (unpaired) electrons. The molecule has 1 aromatic heterocycles. The van der Waals surface area contributed by atoms with Crippen LogP contribution in [0.4, 0.5) is 4.79 Å². The number of benzene rings is 1. The number of halogens is 1. The second-order valence-electron chi connectivity index (χ2n) is 11.1. The molecule has 2 amide bonds. The molecule has 0 spiro atoms. The van der Waals surface area contributed by atoms with Crippen molar-refractivity contribution in [2.75, 3.05) is 26.7 Å². The van der Waals surface area contributed by atoms with Crippen LogP contribution in [0.2, 0.25) is 18.1 Å². The van der Waals surface area contributed by atoms with E-state index in [0.29, 0.717) is 6.04 Å². The van der Waals surface area contributed by atoms with E-state index in [1.807, 2.05) is 18.7 Å². The van der Waals surface area contributed by atoms with Gasteiger partial charge in [-0.1, -0.05) is 52.1 Å². The van der Waals surface area contributed by atoms with E-state index in [-0.39, 0.29) is 17.1 Å². The van der Waals surface area contributed by atoms with Gasteiger partial charge in [0.1, 0.15) is 0 Å². The molecular formula is C26H39BrN4OSi. The van der Waals surface area contributed by atoms with Crippen molar-refractivity contribution in [3.8, 4) is 0 Å². The molecule has 4 rings (SSSR count). The highest BCUT2D eigenvalue weighted by atomic mass is 79.9. The zero-order valence-corrected chi connectivity index (χ0v) is 24.0. The van der Waals surface area contributed by atoms with Crippen molar-refractivity contribution in [1.82, 2.24) is 19.3 Å². The van der Waals surface area contributed by atoms with Crippen LogP contribution >= 0.6 is 15.9 Å². The Hall–Kier alpha value is -1.57. The summed E-state index contributed by atoms with van der Waals surface area (Å²) in [6.45, 7) is 18.4. The highest BCUT2D eigenvalue weighted by Gasteiger charge is 2.43. The largest absolute Gasteiger partial charge is 0.362 e. The molecule has 1 N–H and O–H groups in total. The van der Waals surface area contributed by atoms with Crippen LogP contribution in [0.15, 0.2) is 28.9 Å². The third-order valence-corrected chi connectivity index (χ3v) is 14.7. The zero-order chi connectivity index (χ0) is 24.3. The van der Waals surface area contributed by atoms with Crippen molar-refractivity contribution in [3.63, 3.8) is 0 Å². The van der Waals surface area contributed by atoms with Crippen LogP contribution in [0.25, 0.3) is 16.5 Å². The highest BCUT2D eigenvalue weighted by Crippen LogP contribution is 2.48. The van der Waals surface area contributed by atoms with Gasteiger partial charge in [-0.3, -0.25) is 4.90 Å². The quantitative estimate of drug-likeness (QED) is 0.497. The number of amides is 2. The summed E-state index contributed by atoms with van der Waals surface area (Å²) in [5.74, 6) is 0. The first kappa shape index (κ1) is 24.5. The molecule has 5 nitrogen and oxygen atoms in total. The average molecular weight is 532 g/mol. The minimum Gasteiger partial charge on any atom is -0.362 e. The number of aromatic nitrogens is 1. The smallest absolute Gasteiger partial charge is 0.317 e. The molecule has 0 saturated heterocycles. The monoisotopic (exact) mass is 530 g/mol. The third kappa shape index (κ3) is 3.90. The summed E-state index contributed by atoms with van der Waals surface area (Å²) < 4.78 is 3.90. The molecule has 180 valence electrons. The van der Waals surface area contributed by atoms with Crippen molar-refractivity contribution < 1.29 is 4.79 Å². The predicted octanol–water partition coefficient (Wildman–Crippen LogP) is 5.93. The molecule has 2 atom stereocenters. The van der Waals surface area contributed by atoms with Gasteiger partial charge in [-0.15, -0.1) is 0 Å². The van der Waals surface area contributed by atoms with Crippen molar-refractivity contribution >= 4 is 46.7 Å². The number of carbonyl (C=O) groups is 1. The highest BCUT2D eigenvalue weighted by molar-refractivity contribution is 9.10. The van der Waals surface area contributed by atoms with E-state index in [0.717, 1.165) is 26.1 Å². The van der Waals surface area contributed by atoms with Gasteiger partial charge in [0.05, 0.1) is 10.6 Å². The van der Waals surface area contributed by atoms with Crippen LogP contribution in [0.5, 0.6) is 0 Å². The summed E-state index contributed by atoms with van der Waals surface area (Å²) in [4.78, 5) is 17.0. The second kappa shape index (κ2) is 8.58. The van der Waals surface area contributed by atoms with Crippen LogP contribution in [-0.2, 0) is 6.42 Å². The molecule has 33 heavy (non-hydrogen) atoms. The Balaban J connectivity index is 1.83. The Labute approximate surface area is 208 Å². The van der Waals surface area contributed by atoms with Gasteiger partial charge in [0, 0.05) is 36.6 Å². The van der Waals surface area contributed by atoms with E-state index in [2.05, 4.69) is 95.6 Å². The lowest BCUT2D eigenvalue weighted by atomic mass is 9.81. The van der Waals surface area contributed by atoms with Crippen LogP contribution < -0.4 is 5.32 Å². The summed E-state index contributed by atoms with van der Waals surface area (Å²) >= 11 is 4.06. The Morgan fingerprint density at radius 2 is 1.91 bits per heavy atom. The van der Waals surface area contributed by atoms with Crippen molar-refractivity contribution in [2.45, 2.75) is 71.3 Å². The second-order valence-corrected chi connectivity index (χ2v) is 16.9. The van der Waals surface area contributed by atoms with Gasteiger partial charge < -0.3 is 14.4 Å². The van der Waals surface area contributed by atoms with E-state index >= 15 is 0 Å². The summed E-state index contributed by atoms with van der Waals surface area (Å²) in [5, 5.41) is 4.88. The molecule has 2 aromatic rings. The normalized spacial score (nSPS) is 21.1. The molecule has 1 aliphatic heterocycles. The Kier molecular flexibility index (Phi) is 6.38. The molecule has 2 heterocycles. The molecule has 0 saturated carbocycles. The number of fused-ring (bicyclic) bond motifs is 2. The maximum atomic E-state index is 12.7. The molecular weight excluding hydrogens is 492 g/mol. The van der Waals surface area contributed by atoms with Gasteiger partial charge in [-0.2, -0.15) is 0 Å². The average Bonchev–Trinajstić information content (AvgIpc) is 3.02. The lowest BCUT2D eigenvalue weighted by Gasteiger charge is -2.40. The van der Waals surface area contributed by atoms with Crippen LogP contribution in [0, 0.1) is 0 Å². The number of nitrogens with one attached hydrogen (secondary N) is 1. The number of rotatable bonds is 4. The lowest BCUT2D eigenvalue weighted by molar-refractivity contribution is 0.193. The van der Waals surface area contributed by atoms with Crippen molar-refractivity contribution in [1.29, 1.82) is 0 Å². The summed E-state index contributed by atoms with van der Waals surface area (Å²) in [6, 6.07) is 7.14. The molecule has 0 bridgehead atoms. The fourth-order valence-electron chi connectivity index (χ4n) is 5.33. The van der Waals surface area contributed by atoms with Crippen molar-refractivity contribution in [2.24, 2.45) is 0 Å². The number of hydrogen-bond acceptors (Lipinski definition) is 2. The van der Waals surface area contributed by atoms with Gasteiger partial charge in [0.2, 0.25) is 0 Å². The molecule has 0 fully saturated rings.